The summed E-state index contributed by atoms with van der Waals surface area (Å²) >= 11 is 0. The fraction of sp³-hybridized carbons (Fsp3) is 0.389. The highest BCUT2D eigenvalue weighted by Gasteiger charge is 2.33. The van der Waals surface area contributed by atoms with Crippen LogP contribution in [0, 0.1) is 11.8 Å². The van der Waals surface area contributed by atoms with E-state index in [0.29, 0.717) is 0 Å². The molecule has 2 rings (SSSR count). The molecule has 1 aliphatic rings. The summed E-state index contributed by atoms with van der Waals surface area (Å²) in [6.07, 6.45) is 12.4. The third-order valence-electron chi connectivity index (χ3n) is 4.36. The van der Waals surface area contributed by atoms with Gasteiger partial charge >= 0.3 is 0 Å². The van der Waals surface area contributed by atoms with Crippen LogP contribution in [0.15, 0.2) is 54.9 Å². The van der Waals surface area contributed by atoms with Crippen molar-refractivity contribution in [2.24, 2.45) is 11.8 Å². The first-order valence-corrected chi connectivity index (χ1v) is 8.12. The van der Waals surface area contributed by atoms with Crippen LogP contribution in [-0.2, 0) is 4.79 Å². The van der Waals surface area contributed by atoms with Crippen LogP contribution in [-0.4, -0.2) is 34.2 Å². The summed E-state index contributed by atoms with van der Waals surface area (Å²) in [4.78, 5) is 22.9. The van der Waals surface area contributed by atoms with Gasteiger partial charge in [-0.05, 0) is 37.3 Å². The second kappa shape index (κ2) is 8.98. The summed E-state index contributed by atoms with van der Waals surface area (Å²) in [5, 5.41) is 9.13. The molecular formula is C18H24N4O2. The lowest BCUT2D eigenvalue weighted by Gasteiger charge is -2.35. The van der Waals surface area contributed by atoms with Gasteiger partial charge in [-0.15, -0.1) is 0 Å². The topological polar surface area (TPSA) is 78.4 Å². The third kappa shape index (κ3) is 4.29. The molecule has 2 heterocycles. The first-order chi connectivity index (χ1) is 11.7. The van der Waals surface area contributed by atoms with E-state index in [1.165, 1.54) is 0 Å². The van der Waals surface area contributed by atoms with Crippen LogP contribution in [0.5, 0.6) is 0 Å². The number of rotatable bonds is 6. The Morgan fingerprint density at radius 1 is 1.42 bits per heavy atom. The SMILES string of the molecule is C=C/C=C\C(=C/C)C(C(=O)NO)C1CCN(c2ncccn2)CC1. The summed E-state index contributed by atoms with van der Waals surface area (Å²) in [6.45, 7) is 7.13. The van der Waals surface area contributed by atoms with Crippen molar-refractivity contribution in [2.45, 2.75) is 19.8 Å². The van der Waals surface area contributed by atoms with Crippen molar-refractivity contribution in [3.05, 3.63) is 54.9 Å². The average Bonchev–Trinajstić information content (AvgIpc) is 2.65. The predicted molar refractivity (Wildman–Crippen MR) is 93.5 cm³/mol. The second-order valence-corrected chi connectivity index (χ2v) is 5.71. The molecule has 0 radical (unpaired) electrons. The van der Waals surface area contributed by atoms with Crippen molar-refractivity contribution < 1.29 is 10.0 Å². The lowest BCUT2D eigenvalue weighted by atomic mass is 9.79. The number of allylic oxidation sites excluding steroid dienone is 4. The quantitative estimate of drug-likeness (QED) is 0.476. The fourth-order valence-electron chi connectivity index (χ4n) is 3.15. The standard InChI is InChI=1S/C18H24N4O2/c1-3-5-7-14(4-2)16(17(23)21-24)15-8-12-22(13-9-15)18-19-10-6-11-20-18/h3-7,10-11,15-16,24H,1,8-9,12-13H2,2H3,(H,21,23)/b7-5-,14-4+. The molecule has 1 aromatic heterocycles. The first kappa shape index (κ1) is 17.9. The van der Waals surface area contributed by atoms with Gasteiger partial charge in [0.1, 0.15) is 0 Å². The van der Waals surface area contributed by atoms with E-state index in [1.54, 1.807) is 30.6 Å². The number of carbonyl (C=O) groups excluding carboxylic acids is 1. The van der Waals surface area contributed by atoms with Crippen LogP contribution < -0.4 is 10.4 Å². The van der Waals surface area contributed by atoms with Crippen LogP contribution >= 0.6 is 0 Å². The number of nitrogens with zero attached hydrogens (tertiary/aromatic N) is 3. The maximum absolute atomic E-state index is 12.2. The molecule has 1 saturated heterocycles. The first-order valence-electron chi connectivity index (χ1n) is 8.12. The van der Waals surface area contributed by atoms with Gasteiger partial charge in [-0.2, -0.15) is 0 Å². The largest absolute Gasteiger partial charge is 0.341 e. The Morgan fingerprint density at radius 2 is 2.08 bits per heavy atom. The highest BCUT2D eigenvalue weighted by Crippen LogP contribution is 2.32. The van der Waals surface area contributed by atoms with Crippen molar-refractivity contribution in [3.8, 4) is 0 Å². The van der Waals surface area contributed by atoms with Crippen molar-refractivity contribution in [1.82, 2.24) is 15.4 Å². The monoisotopic (exact) mass is 328 g/mol. The van der Waals surface area contributed by atoms with E-state index in [2.05, 4.69) is 21.4 Å². The van der Waals surface area contributed by atoms with E-state index in [-0.39, 0.29) is 17.7 Å². The molecule has 6 nitrogen and oxygen atoms in total. The molecule has 1 aliphatic heterocycles. The molecule has 2 N–H and O–H groups in total. The van der Waals surface area contributed by atoms with Gasteiger partial charge in [-0.25, -0.2) is 15.4 Å². The van der Waals surface area contributed by atoms with Crippen LogP contribution in [0.3, 0.4) is 0 Å². The van der Waals surface area contributed by atoms with Gasteiger partial charge in [0, 0.05) is 25.5 Å². The minimum absolute atomic E-state index is 0.151. The maximum Gasteiger partial charge on any atom is 0.251 e. The smallest absolute Gasteiger partial charge is 0.251 e. The van der Waals surface area contributed by atoms with Gasteiger partial charge in [-0.1, -0.05) is 30.9 Å². The van der Waals surface area contributed by atoms with Gasteiger partial charge in [0.2, 0.25) is 5.95 Å². The van der Waals surface area contributed by atoms with E-state index < -0.39 is 0 Å². The molecule has 1 fully saturated rings. The molecule has 0 aromatic carbocycles. The summed E-state index contributed by atoms with van der Waals surface area (Å²) in [5.74, 6) is 0.121. The van der Waals surface area contributed by atoms with Crippen LogP contribution in [0.2, 0.25) is 0 Å². The number of amides is 1. The highest BCUT2D eigenvalue weighted by molar-refractivity contribution is 5.81. The number of anilines is 1. The Kier molecular flexibility index (Phi) is 6.69. The summed E-state index contributed by atoms with van der Waals surface area (Å²) in [6, 6.07) is 1.79. The van der Waals surface area contributed by atoms with Crippen molar-refractivity contribution in [1.29, 1.82) is 0 Å². The zero-order chi connectivity index (χ0) is 17.4. The van der Waals surface area contributed by atoms with E-state index in [1.807, 2.05) is 24.6 Å². The van der Waals surface area contributed by atoms with Gasteiger partial charge in [-0.3, -0.25) is 10.0 Å². The maximum atomic E-state index is 12.2. The fourth-order valence-corrected chi connectivity index (χ4v) is 3.15. The number of aromatic nitrogens is 2. The summed E-state index contributed by atoms with van der Waals surface area (Å²) in [7, 11) is 0. The number of hydroxylamine groups is 1. The Bertz CT molecular complexity index is 605. The molecule has 0 bridgehead atoms. The average molecular weight is 328 g/mol. The minimum Gasteiger partial charge on any atom is -0.341 e. The zero-order valence-electron chi connectivity index (χ0n) is 13.9. The molecule has 6 heteroatoms. The molecule has 1 amide bonds. The minimum atomic E-state index is -0.380. The van der Waals surface area contributed by atoms with Gasteiger partial charge in [0.25, 0.3) is 5.91 Å². The lowest BCUT2D eigenvalue weighted by Crippen LogP contribution is -2.41. The number of piperidine rings is 1. The van der Waals surface area contributed by atoms with E-state index in [9.17, 15) is 4.79 Å². The van der Waals surface area contributed by atoms with E-state index in [4.69, 9.17) is 5.21 Å². The van der Waals surface area contributed by atoms with Crippen LogP contribution in [0.4, 0.5) is 5.95 Å². The van der Waals surface area contributed by atoms with Crippen molar-refractivity contribution in [3.63, 3.8) is 0 Å². The summed E-state index contributed by atoms with van der Waals surface area (Å²) in [5.41, 5.74) is 2.70. The van der Waals surface area contributed by atoms with Gasteiger partial charge in [0.05, 0.1) is 5.92 Å². The Balaban J connectivity index is 2.11. The number of nitrogens with one attached hydrogen (secondary N) is 1. The lowest BCUT2D eigenvalue weighted by molar-refractivity contribution is -0.133. The molecule has 0 saturated carbocycles. The molecule has 128 valence electrons. The molecule has 1 aromatic rings. The second-order valence-electron chi connectivity index (χ2n) is 5.71. The van der Waals surface area contributed by atoms with Crippen molar-refractivity contribution in [2.75, 3.05) is 18.0 Å². The van der Waals surface area contributed by atoms with Gasteiger partial charge in [0.15, 0.2) is 0 Å². The zero-order valence-corrected chi connectivity index (χ0v) is 13.9. The molecule has 0 aliphatic carbocycles. The molecule has 24 heavy (non-hydrogen) atoms. The molecule has 1 unspecified atom stereocenters. The highest BCUT2D eigenvalue weighted by atomic mass is 16.5. The molecule has 0 spiro atoms. The van der Waals surface area contributed by atoms with Crippen LogP contribution in [0.1, 0.15) is 19.8 Å². The van der Waals surface area contributed by atoms with Gasteiger partial charge < -0.3 is 4.90 Å². The number of hydrogen-bond donors (Lipinski definition) is 2. The Morgan fingerprint density at radius 3 is 2.62 bits per heavy atom. The molecule has 1 atom stereocenters. The van der Waals surface area contributed by atoms with Crippen LogP contribution in [0.25, 0.3) is 0 Å². The molecular weight excluding hydrogens is 304 g/mol. The Hall–Kier alpha value is -2.47. The van der Waals surface area contributed by atoms with Crippen molar-refractivity contribution >= 4 is 11.9 Å². The predicted octanol–water partition coefficient (Wildman–Crippen LogP) is 2.50. The van der Waals surface area contributed by atoms with E-state index in [0.717, 1.165) is 37.5 Å². The normalized spacial score (nSPS) is 17.8. The number of carbonyl (C=O) groups is 1. The Labute approximate surface area is 142 Å². The summed E-state index contributed by atoms with van der Waals surface area (Å²) < 4.78 is 0. The van der Waals surface area contributed by atoms with E-state index >= 15 is 0 Å². The third-order valence-corrected chi connectivity index (χ3v) is 4.36. The number of hydrogen-bond acceptors (Lipinski definition) is 5.